The molecule has 25 heavy (non-hydrogen) atoms. The van der Waals surface area contributed by atoms with E-state index in [-0.39, 0.29) is 17.3 Å². The molecule has 1 atom stereocenters. The number of hydrogen-bond donors (Lipinski definition) is 1. The molecule has 1 aromatic carbocycles. The number of benzene rings is 1. The predicted octanol–water partition coefficient (Wildman–Crippen LogP) is 3.33. The van der Waals surface area contributed by atoms with Crippen LogP contribution in [0.25, 0.3) is 0 Å². The van der Waals surface area contributed by atoms with Gasteiger partial charge in [-0.3, -0.25) is 9.52 Å². The lowest BCUT2D eigenvalue weighted by atomic mass is 10.1. The maximum atomic E-state index is 12.6. The minimum atomic E-state index is -3.67. The molecule has 1 aliphatic carbocycles. The number of nitrogens with one attached hydrogen (secondary N) is 1. The summed E-state index contributed by atoms with van der Waals surface area (Å²) in [6, 6.07) is 13.5. The summed E-state index contributed by atoms with van der Waals surface area (Å²) in [5, 5.41) is -0.725. The number of nitrogens with zero attached hydrogens (tertiary/aromatic N) is 1. The quantitative estimate of drug-likeness (QED) is 0.660. The van der Waals surface area contributed by atoms with E-state index in [0.29, 0.717) is 5.56 Å². The molecule has 0 radical (unpaired) electrons. The van der Waals surface area contributed by atoms with Crippen molar-refractivity contribution < 1.29 is 13.2 Å². The van der Waals surface area contributed by atoms with E-state index in [4.69, 9.17) is 0 Å². The number of carbonyl (C=O) groups excluding carboxylic acids is 1. The van der Waals surface area contributed by atoms with Crippen LogP contribution in [0.1, 0.15) is 29.4 Å². The van der Waals surface area contributed by atoms with Crippen molar-refractivity contribution in [3.8, 4) is 0 Å². The third kappa shape index (κ3) is 3.85. The fourth-order valence-electron chi connectivity index (χ4n) is 2.64. The lowest BCUT2D eigenvalue weighted by molar-refractivity contribution is 0.103. The molecule has 3 rings (SSSR count). The summed E-state index contributed by atoms with van der Waals surface area (Å²) in [5.41, 5.74) is 1.47. The molecule has 1 aromatic heterocycles. The Bertz CT molecular complexity index is 948. The minimum Gasteiger partial charge on any atom is -0.287 e. The Morgan fingerprint density at radius 1 is 1.12 bits per heavy atom. The fourth-order valence-corrected chi connectivity index (χ4v) is 4.07. The van der Waals surface area contributed by atoms with Crippen LogP contribution in [-0.4, -0.2) is 24.4 Å². The van der Waals surface area contributed by atoms with Crippen molar-refractivity contribution in [2.75, 3.05) is 4.72 Å². The van der Waals surface area contributed by atoms with Crippen LogP contribution in [0.2, 0.25) is 0 Å². The third-order valence-corrected chi connectivity index (χ3v) is 5.63. The van der Waals surface area contributed by atoms with Gasteiger partial charge >= 0.3 is 0 Å². The minimum absolute atomic E-state index is 0.133. The highest BCUT2D eigenvalue weighted by atomic mass is 32.2. The molecule has 0 bridgehead atoms. The maximum Gasteiger partial charge on any atom is 0.244 e. The smallest absolute Gasteiger partial charge is 0.244 e. The zero-order valence-electron chi connectivity index (χ0n) is 13.7. The van der Waals surface area contributed by atoms with Gasteiger partial charge in [-0.15, -0.1) is 0 Å². The van der Waals surface area contributed by atoms with Crippen molar-refractivity contribution in [3.63, 3.8) is 0 Å². The maximum absolute atomic E-state index is 12.6. The summed E-state index contributed by atoms with van der Waals surface area (Å²) in [7, 11) is -3.67. The summed E-state index contributed by atoms with van der Waals surface area (Å²) < 4.78 is 27.7. The van der Waals surface area contributed by atoms with Crippen LogP contribution < -0.4 is 4.72 Å². The summed E-state index contributed by atoms with van der Waals surface area (Å²) in [5.74, 6) is -0.121. The molecule has 1 aliphatic rings. The van der Waals surface area contributed by atoms with Crippen molar-refractivity contribution in [3.05, 3.63) is 83.6 Å². The molecule has 5 nitrogen and oxygen atoms in total. The molecule has 1 heterocycles. The van der Waals surface area contributed by atoms with E-state index in [2.05, 4.69) is 9.71 Å². The predicted molar refractivity (Wildman–Crippen MR) is 98.0 cm³/mol. The number of anilines is 1. The molecular formula is C19H18N2O3S. The molecule has 6 heteroatoms. The van der Waals surface area contributed by atoms with Gasteiger partial charge in [-0.1, -0.05) is 60.2 Å². The van der Waals surface area contributed by atoms with Gasteiger partial charge in [-0.05, 0) is 25.5 Å². The van der Waals surface area contributed by atoms with Gasteiger partial charge in [0.25, 0.3) is 0 Å². The lowest BCUT2D eigenvalue weighted by Gasteiger charge is -2.18. The van der Waals surface area contributed by atoms with E-state index in [9.17, 15) is 13.2 Å². The summed E-state index contributed by atoms with van der Waals surface area (Å²) in [6.45, 7) is 1.79. The SMILES string of the molecule is CC1=CCC=CC1S(=O)(=O)Nc1cccc(C(=O)c2ccccc2)n1. The Kier molecular flexibility index (Phi) is 4.81. The topological polar surface area (TPSA) is 76.1 Å². The second-order valence-electron chi connectivity index (χ2n) is 5.78. The van der Waals surface area contributed by atoms with Crippen molar-refractivity contribution in [2.45, 2.75) is 18.6 Å². The second kappa shape index (κ2) is 7.03. The van der Waals surface area contributed by atoms with Crippen LogP contribution >= 0.6 is 0 Å². The van der Waals surface area contributed by atoms with Gasteiger partial charge in [0, 0.05) is 5.56 Å². The van der Waals surface area contributed by atoms with E-state index in [1.807, 2.05) is 18.2 Å². The Morgan fingerprint density at radius 3 is 2.60 bits per heavy atom. The number of carbonyl (C=O) groups is 1. The normalized spacial score (nSPS) is 17.0. The van der Waals surface area contributed by atoms with Gasteiger partial charge in [0.15, 0.2) is 0 Å². The zero-order valence-corrected chi connectivity index (χ0v) is 14.5. The van der Waals surface area contributed by atoms with E-state index in [1.165, 1.54) is 6.07 Å². The lowest BCUT2D eigenvalue weighted by Crippen LogP contribution is -2.28. The summed E-state index contributed by atoms with van der Waals surface area (Å²) in [4.78, 5) is 16.6. The molecule has 1 unspecified atom stereocenters. The van der Waals surface area contributed by atoms with Crippen LogP contribution in [-0.2, 0) is 10.0 Å². The van der Waals surface area contributed by atoms with Gasteiger partial charge < -0.3 is 0 Å². The van der Waals surface area contributed by atoms with Crippen LogP contribution in [0.5, 0.6) is 0 Å². The summed E-state index contributed by atoms with van der Waals surface area (Å²) >= 11 is 0. The van der Waals surface area contributed by atoms with E-state index in [0.717, 1.165) is 12.0 Å². The number of sulfonamides is 1. The van der Waals surface area contributed by atoms with Gasteiger partial charge in [0.1, 0.15) is 16.8 Å². The first-order valence-corrected chi connectivity index (χ1v) is 9.44. The van der Waals surface area contributed by atoms with E-state index >= 15 is 0 Å². The monoisotopic (exact) mass is 354 g/mol. The molecule has 0 aliphatic heterocycles. The van der Waals surface area contributed by atoms with Gasteiger partial charge in [0.2, 0.25) is 15.8 Å². The molecular weight excluding hydrogens is 336 g/mol. The average molecular weight is 354 g/mol. The molecule has 0 amide bonds. The third-order valence-electron chi connectivity index (χ3n) is 3.93. The molecule has 128 valence electrons. The Morgan fingerprint density at radius 2 is 1.88 bits per heavy atom. The Balaban J connectivity index is 1.85. The van der Waals surface area contributed by atoms with Crippen LogP contribution in [0, 0.1) is 0 Å². The van der Waals surface area contributed by atoms with E-state index < -0.39 is 15.3 Å². The van der Waals surface area contributed by atoms with Gasteiger partial charge in [0.05, 0.1) is 0 Å². The fraction of sp³-hybridized carbons (Fsp3) is 0.158. The van der Waals surface area contributed by atoms with Crippen molar-refractivity contribution in [1.29, 1.82) is 0 Å². The number of ketones is 1. The van der Waals surface area contributed by atoms with Gasteiger partial charge in [-0.2, -0.15) is 0 Å². The van der Waals surface area contributed by atoms with Gasteiger partial charge in [-0.25, -0.2) is 13.4 Å². The van der Waals surface area contributed by atoms with Crippen molar-refractivity contribution >= 4 is 21.6 Å². The largest absolute Gasteiger partial charge is 0.287 e. The van der Waals surface area contributed by atoms with Crippen LogP contribution in [0.4, 0.5) is 5.82 Å². The standard InChI is InChI=1S/C19H18N2O3S/c1-14-8-5-6-12-17(14)25(23,24)21-18-13-7-11-16(20-18)19(22)15-9-3-2-4-10-15/h2-4,6-13,17H,5H2,1H3,(H,20,21). The number of rotatable bonds is 5. The molecule has 2 aromatic rings. The highest BCUT2D eigenvalue weighted by molar-refractivity contribution is 7.93. The van der Waals surface area contributed by atoms with E-state index in [1.54, 1.807) is 49.4 Å². The number of pyridine rings is 1. The van der Waals surface area contributed by atoms with Crippen LogP contribution in [0.3, 0.4) is 0 Å². The molecule has 1 N–H and O–H groups in total. The molecule has 0 saturated heterocycles. The number of aromatic nitrogens is 1. The van der Waals surface area contributed by atoms with Crippen LogP contribution in [0.15, 0.2) is 72.3 Å². The Hall–Kier alpha value is -2.73. The number of hydrogen-bond acceptors (Lipinski definition) is 4. The Labute approximate surface area is 147 Å². The molecule has 0 fully saturated rings. The first-order chi connectivity index (χ1) is 12.0. The zero-order chi connectivity index (χ0) is 17.9. The molecule has 0 spiro atoms. The molecule has 0 saturated carbocycles. The highest BCUT2D eigenvalue weighted by Gasteiger charge is 2.26. The first-order valence-electron chi connectivity index (χ1n) is 7.89. The highest BCUT2D eigenvalue weighted by Crippen LogP contribution is 2.21. The first kappa shape index (κ1) is 17.1. The van der Waals surface area contributed by atoms with Crippen molar-refractivity contribution in [2.24, 2.45) is 0 Å². The number of allylic oxidation sites excluding steroid dienone is 2. The summed E-state index contributed by atoms with van der Waals surface area (Å²) in [6.07, 6.45) is 6.10. The second-order valence-corrected chi connectivity index (χ2v) is 7.58. The van der Waals surface area contributed by atoms with Crippen molar-refractivity contribution in [1.82, 2.24) is 4.98 Å². The average Bonchev–Trinajstić information content (AvgIpc) is 2.62.